The summed E-state index contributed by atoms with van der Waals surface area (Å²) in [6, 6.07) is 11.2. The fraction of sp³-hybridized carbons (Fsp3) is 0.111. The Hall–Kier alpha value is -2.00. The fourth-order valence-electron chi connectivity index (χ4n) is 0.686. The molecule has 0 heterocycles. The van der Waals surface area contributed by atoms with Crippen LogP contribution in [-0.4, -0.2) is 6.61 Å². The Morgan fingerprint density at radius 1 is 1.42 bits per heavy atom. The highest BCUT2D eigenvalue weighted by molar-refractivity contribution is 5.33. The van der Waals surface area contributed by atoms with Crippen LogP contribution < -0.4 is 4.74 Å². The average molecular weight is 157 g/mol. The van der Waals surface area contributed by atoms with Crippen molar-refractivity contribution < 1.29 is 4.74 Å². The highest BCUT2D eigenvalue weighted by Crippen LogP contribution is 2.10. The standard InChI is InChI=1S/C9H5N2O/c10-5-6-12-9-3-1-8(7-11)2-4-9/h1,3-4H,6H2. The van der Waals surface area contributed by atoms with E-state index in [0.717, 1.165) is 0 Å². The second-order valence-corrected chi connectivity index (χ2v) is 2.00. The zero-order valence-corrected chi connectivity index (χ0v) is 6.24. The average Bonchev–Trinajstić information content (AvgIpc) is 2.15. The summed E-state index contributed by atoms with van der Waals surface area (Å²) in [5, 5.41) is 16.6. The van der Waals surface area contributed by atoms with Gasteiger partial charge in [0, 0.05) is 6.07 Å². The number of hydrogen-bond donors (Lipinski definition) is 0. The van der Waals surface area contributed by atoms with Crippen molar-refractivity contribution >= 4 is 0 Å². The maximum atomic E-state index is 8.43. The fourth-order valence-corrected chi connectivity index (χ4v) is 0.686. The van der Waals surface area contributed by atoms with Crippen molar-refractivity contribution in [3.63, 3.8) is 0 Å². The number of nitriles is 2. The molecule has 0 aliphatic carbocycles. The zero-order valence-electron chi connectivity index (χ0n) is 6.24. The summed E-state index contributed by atoms with van der Waals surface area (Å²) >= 11 is 0. The van der Waals surface area contributed by atoms with Crippen LogP contribution in [0.15, 0.2) is 18.2 Å². The van der Waals surface area contributed by atoms with E-state index in [-0.39, 0.29) is 6.61 Å². The molecule has 0 amide bonds. The van der Waals surface area contributed by atoms with Gasteiger partial charge in [0.05, 0.1) is 11.6 Å². The number of hydrogen-bond acceptors (Lipinski definition) is 3. The van der Waals surface area contributed by atoms with Crippen molar-refractivity contribution in [2.75, 3.05) is 6.61 Å². The highest BCUT2D eigenvalue weighted by Gasteiger charge is 1.93. The van der Waals surface area contributed by atoms with Gasteiger partial charge in [-0.15, -0.1) is 0 Å². The maximum absolute atomic E-state index is 8.43. The van der Waals surface area contributed by atoms with Crippen LogP contribution in [0.2, 0.25) is 0 Å². The van der Waals surface area contributed by atoms with E-state index in [2.05, 4.69) is 6.07 Å². The van der Waals surface area contributed by atoms with E-state index in [1.165, 1.54) is 6.07 Å². The van der Waals surface area contributed by atoms with Gasteiger partial charge in [0.25, 0.3) is 0 Å². The molecule has 0 aromatic heterocycles. The minimum atomic E-state index is 0.0136. The first kappa shape index (κ1) is 8.10. The van der Waals surface area contributed by atoms with Gasteiger partial charge in [0.15, 0.2) is 6.61 Å². The molecule has 0 atom stereocenters. The van der Waals surface area contributed by atoms with Crippen LogP contribution in [-0.2, 0) is 0 Å². The Labute approximate surface area is 70.4 Å². The molecule has 12 heavy (non-hydrogen) atoms. The van der Waals surface area contributed by atoms with Gasteiger partial charge in [-0.3, -0.25) is 0 Å². The highest BCUT2D eigenvalue weighted by atomic mass is 16.5. The molecule has 0 saturated heterocycles. The first-order valence-corrected chi connectivity index (χ1v) is 3.28. The largest absolute Gasteiger partial charge is 0.479 e. The topological polar surface area (TPSA) is 56.8 Å². The second-order valence-electron chi connectivity index (χ2n) is 2.00. The second kappa shape index (κ2) is 4.00. The third kappa shape index (κ3) is 2.00. The van der Waals surface area contributed by atoms with E-state index in [4.69, 9.17) is 15.3 Å². The molecule has 0 saturated carbocycles. The molecule has 57 valence electrons. The van der Waals surface area contributed by atoms with E-state index in [0.29, 0.717) is 11.3 Å². The summed E-state index contributed by atoms with van der Waals surface area (Å²) < 4.78 is 4.95. The molecule has 0 N–H and O–H groups in total. The quantitative estimate of drug-likeness (QED) is 0.649. The predicted molar refractivity (Wildman–Crippen MR) is 41.1 cm³/mol. The van der Waals surface area contributed by atoms with E-state index in [1.807, 2.05) is 12.1 Å². The van der Waals surface area contributed by atoms with Crippen LogP contribution in [0.3, 0.4) is 0 Å². The Balaban J connectivity index is 2.68. The smallest absolute Gasteiger partial charge is 0.174 e. The summed E-state index contributed by atoms with van der Waals surface area (Å²) in [7, 11) is 0. The molecule has 1 aromatic carbocycles. The monoisotopic (exact) mass is 157 g/mol. The predicted octanol–water partition coefficient (Wildman–Crippen LogP) is 1.26. The Bertz CT molecular complexity index is 329. The molecule has 0 spiro atoms. The maximum Gasteiger partial charge on any atom is 0.174 e. The van der Waals surface area contributed by atoms with Gasteiger partial charge >= 0.3 is 0 Å². The zero-order chi connectivity index (χ0) is 8.81. The minimum Gasteiger partial charge on any atom is -0.479 e. The van der Waals surface area contributed by atoms with Gasteiger partial charge < -0.3 is 4.74 Å². The van der Waals surface area contributed by atoms with E-state index in [9.17, 15) is 0 Å². The molecule has 0 fully saturated rings. The molecular weight excluding hydrogens is 152 g/mol. The van der Waals surface area contributed by atoms with E-state index >= 15 is 0 Å². The lowest BCUT2D eigenvalue weighted by Gasteiger charge is -1.98. The number of benzene rings is 1. The molecule has 1 radical (unpaired) electrons. The molecule has 0 aliphatic heterocycles. The first-order chi connectivity index (χ1) is 5.86. The van der Waals surface area contributed by atoms with Crippen molar-refractivity contribution in [2.24, 2.45) is 0 Å². The SMILES string of the molecule is N#CCOc1c[c]c(C#N)cc1. The first-order valence-electron chi connectivity index (χ1n) is 3.28. The van der Waals surface area contributed by atoms with Crippen molar-refractivity contribution in [1.82, 2.24) is 0 Å². The summed E-state index contributed by atoms with van der Waals surface area (Å²) in [4.78, 5) is 0. The molecule has 3 nitrogen and oxygen atoms in total. The van der Waals surface area contributed by atoms with Crippen LogP contribution >= 0.6 is 0 Å². The number of ether oxygens (including phenoxy) is 1. The van der Waals surface area contributed by atoms with Gasteiger partial charge in [-0.25, -0.2) is 0 Å². The lowest BCUT2D eigenvalue weighted by Crippen LogP contribution is -1.92. The van der Waals surface area contributed by atoms with Crippen molar-refractivity contribution in [2.45, 2.75) is 0 Å². The normalized spacial score (nSPS) is 8.17. The molecule has 0 unspecified atom stereocenters. The van der Waals surface area contributed by atoms with Crippen molar-refractivity contribution in [3.8, 4) is 17.9 Å². The van der Waals surface area contributed by atoms with Crippen LogP contribution in [0.5, 0.6) is 5.75 Å². The van der Waals surface area contributed by atoms with Crippen molar-refractivity contribution in [1.29, 1.82) is 10.5 Å². The molecule has 1 aromatic rings. The van der Waals surface area contributed by atoms with Gasteiger partial charge in [0.1, 0.15) is 11.8 Å². The third-order valence-electron chi connectivity index (χ3n) is 1.21. The Kier molecular flexibility index (Phi) is 2.70. The molecule has 1 rings (SSSR count). The Morgan fingerprint density at radius 3 is 2.75 bits per heavy atom. The molecule has 0 aliphatic rings. The van der Waals surface area contributed by atoms with Crippen LogP contribution in [0.25, 0.3) is 0 Å². The van der Waals surface area contributed by atoms with Gasteiger partial charge in [-0.1, -0.05) is 0 Å². The Morgan fingerprint density at radius 2 is 2.25 bits per heavy atom. The van der Waals surface area contributed by atoms with Crippen LogP contribution in [0, 0.1) is 28.7 Å². The minimum absolute atomic E-state index is 0.0136. The number of rotatable bonds is 2. The summed E-state index contributed by atoms with van der Waals surface area (Å²) in [5.74, 6) is 0.551. The number of nitrogens with zero attached hydrogens (tertiary/aromatic N) is 2. The molecule has 3 heteroatoms. The van der Waals surface area contributed by atoms with E-state index in [1.54, 1.807) is 12.1 Å². The van der Waals surface area contributed by atoms with Crippen LogP contribution in [0.4, 0.5) is 0 Å². The van der Waals surface area contributed by atoms with Crippen LogP contribution in [0.1, 0.15) is 5.56 Å². The van der Waals surface area contributed by atoms with Gasteiger partial charge in [-0.05, 0) is 18.2 Å². The summed E-state index contributed by atoms with van der Waals surface area (Å²) in [6.07, 6.45) is 0. The molecular formula is C9H5N2O. The van der Waals surface area contributed by atoms with Crippen molar-refractivity contribution in [3.05, 3.63) is 29.8 Å². The molecule has 0 bridgehead atoms. The van der Waals surface area contributed by atoms with Gasteiger partial charge in [-0.2, -0.15) is 10.5 Å². The van der Waals surface area contributed by atoms with Gasteiger partial charge in [0.2, 0.25) is 0 Å². The third-order valence-corrected chi connectivity index (χ3v) is 1.21. The lowest BCUT2D eigenvalue weighted by molar-refractivity contribution is 0.368. The lowest BCUT2D eigenvalue weighted by atomic mass is 10.2. The summed E-state index contributed by atoms with van der Waals surface area (Å²) in [5.41, 5.74) is 0.458. The summed E-state index contributed by atoms with van der Waals surface area (Å²) in [6.45, 7) is 0.0136. The van der Waals surface area contributed by atoms with E-state index < -0.39 is 0 Å².